The highest BCUT2D eigenvalue weighted by Gasteiger charge is 2.20. The number of hydrogen-bond acceptors (Lipinski definition) is 6. The molecule has 1 aromatic heterocycles. The molecule has 3 aromatic rings. The zero-order chi connectivity index (χ0) is 20.3. The van der Waals surface area contributed by atoms with Gasteiger partial charge in [0.05, 0.1) is 18.4 Å². The van der Waals surface area contributed by atoms with Crippen LogP contribution in [-0.2, 0) is 14.9 Å². The molecule has 1 heterocycles. The molecular weight excluding hydrogens is 402 g/mol. The maximum absolute atomic E-state index is 12.6. The first kappa shape index (κ1) is 19.9. The summed E-state index contributed by atoms with van der Waals surface area (Å²) < 4.78 is 35.0. The number of esters is 1. The number of halogens is 1. The lowest BCUT2D eigenvalue weighted by Gasteiger charge is -2.10. The van der Waals surface area contributed by atoms with Crippen molar-refractivity contribution < 1.29 is 22.1 Å². The highest BCUT2D eigenvalue weighted by molar-refractivity contribution is 7.87. The van der Waals surface area contributed by atoms with Gasteiger partial charge in [-0.3, -0.25) is 0 Å². The molecule has 0 aliphatic rings. The minimum absolute atomic E-state index is 0.0172. The van der Waals surface area contributed by atoms with Crippen molar-refractivity contribution in [2.24, 2.45) is 0 Å². The summed E-state index contributed by atoms with van der Waals surface area (Å²) in [6, 6.07) is 15.6. The summed E-state index contributed by atoms with van der Waals surface area (Å²) >= 11 is 5.90. The number of aryl methyl sites for hydroxylation is 1. The van der Waals surface area contributed by atoms with Crippen LogP contribution in [0.25, 0.3) is 11.3 Å². The number of rotatable bonds is 5. The van der Waals surface area contributed by atoms with E-state index in [-0.39, 0.29) is 16.3 Å². The van der Waals surface area contributed by atoms with Gasteiger partial charge in [0.2, 0.25) is 5.88 Å². The minimum atomic E-state index is -4.12. The summed E-state index contributed by atoms with van der Waals surface area (Å²) in [5, 5.41) is 0.534. The molecule has 0 saturated carbocycles. The van der Waals surface area contributed by atoms with Crippen LogP contribution in [0.3, 0.4) is 0 Å². The molecule has 0 saturated heterocycles. The largest absolute Gasteiger partial charge is 0.465 e. The number of methoxy groups -OCH3 is 1. The molecular formula is C20H16ClNO5S. The average Bonchev–Trinajstić information content (AvgIpc) is 2.67. The van der Waals surface area contributed by atoms with Gasteiger partial charge in [0.15, 0.2) is 0 Å². The Morgan fingerprint density at radius 2 is 1.64 bits per heavy atom. The Morgan fingerprint density at radius 1 is 1.00 bits per heavy atom. The normalized spacial score (nSPS) is 11.1. The third-order valence-electron chi connectivity index (χ3n) is 3.87. The van der Waals surface area contributed by atoms with Crippen LogP contribution < -0.4 is 4.18 Å². The number of benzene rings is 2. The fourth-order valence-electron chi connectivity index (χ4n) is 2.42. The number of ether oxygens (including phenoxy) is 1. The summed E-state index contributed by atoms with van der Waals surface area (Å²) in [7, 11) is -2.89. The predicted molar refractivity (Wildman–Crippen MR) is 105 cm³/mol. The number of nitrogens with zero attached hydrogens (tertiary/aromatic N) is 1. The van der Waals surface area contributed by atoms with E-state index < -0.39 is 16.1 Å². The Hall–Kier alpha value is -2.90. The van der Waals surface area contributed by atoms with Crippen LogP contribution in [0.1, 0.15) is 15.9 Å². The third-order valence-corrected chi connectivity index (χ3v) is 5.36. The summed E-state index contributed by atoms with van der Waals surface area (Å²) in [6.45, 7) is 1.84. The average molecular weight is 418 g/mol. The van der Waals surface area contributed by atoms with Crippen LogP contribution in [-0.4, -0.2) is 26.5 Å². The van der Waals surface area contributed by atoms with Crippen molar-refractivity contribution in [3.8, 4) is 17.1 Å². The Bertz CT molecular complexity index is 1110. The summed E-state index contributed by atoms with van der Waals surface area (Å²) in [5.41, 5.74) is 1.99. The van der Waals surface area contributed by atoms with E-state index in [1.54, 1.807) is 36.4 Å². The number of carbonyl (C=O) groups excluding carboxylic acids is 1. The van der Waals surface area contributed by atoms with Gasteiger partial charge in [-0.15, -0.1) is 0 Å². The highest BCUT2D eigenvalue weighted by atomic mass is 35.5. The fourth-order valence-corrected chi connectivity index (χ4v) is 3.42. The van der Waals surface area contributed by atoms with E-state index in [0.717, 1.165) is 5.56 Å². The number of aromatic nitrogens is 1. The fraction of sp³-hybridized carbons (Fsp3) is 0.100. The first-order chi connectivity index (χ1) is 13.3. The van der Waals surface area contributed by atoms with Crippen molar-refractivity contribution in [1.82, 2.24) is 4.98 Å². The molecule has 3 rings (SSSR count). The summed E-state index contributed by atoms with van der Waals surface area (Å²) in [6.07, 6.45) is 0. The molecule has 8 heteroatoms. The van der Waals surface area contributed by atoms with Crippen LogP contribution in [0, 0.1) is 6.92 Å². The molecule has 0 bridgehead atoms. The SMILES string of the molecule is COC(=O)c1cc(OS(=O)(=O)c2ccc(C)cc2)nc(-c2ccc(Cl)cc2)c1. The topological polar surface area (TPSA) is 82.6 Å². The van der Waals surface area contributed by atoms with E-state index in [1.807, 2.05) is 6.92 Å². The van der Waals surface area contributed by atoms with Crippen LogP contribution in [0.15, 0.2) is 65.6 Å². The molecule has 6 nitrogen and oxygen atoms in total. The van der Waals surface area contributed by atoms with E-state index in [4.69, 9.17) is 20.5 Å². The second kappa shape index (κ2) is 8.00. The Morgan fingerprint density at radius 3 is 2.25 bits per heavy atom. The Kier molecular flexibility index (Phi) is 5.67. The van der Waals surface area contributed by atoms with Crippen LogP contribution in [0.2, 0.25) is 5.02 Å². The van der Waals surface area contributed by atoms with E-state index in [0.29, 0.717) is 16.3 Å². The van der Waals surface area contributed by atoms with E-state index in [2.05, 4.69) is 4.98 Å². The van der Waals surface area contributed by atoms with Gasteiger partial charge in [0.25, 0.3) is 0 Å². The first-order valence-electron chi connectivity index (χ1n) is 8.16. The van der Waals surface area contributed by atoms with Crippen LogP contribution in [0.4, 0.5) is 0 Å². The van der Waals surface area contributed by atoms with Crippen molar-refractivity contribution in [3.05, 3.63) is 76.8 Å². The number of hydrogen-bond donors (Lipinski definition) is 0. The monoisotopic (exact) mass is 417 g/mol. The molecule has 0 N–H and O–H groups in total. The standard InChI is InChI=1S/C20H16ClNO5S/c1-13-3-9-17(10-4-13)28(24,25)27-19-12-15(20(23)26-2)11-18(22-19)14-5-7-16(21)8-6-14/h3-12H,1-2H3. The molecule has 28 heavy (non-hydrogen) atoms. The summed E-state index contributed by atoms with van der Waals surface area (Å²) in [5.74, 6) is -0.886. The lowest BCUT2D eigenvalue weighted by atomic mass is 10.1. The molecule has 144 valence electrons. The van der Waals surface area contributed by atoms with Crippen molar-refractivity contribution in [2.45, 2.75) is 11.8 Å². The molecule has 0 radical (unpaired) electrons. The smallest absolute Gasteiger partial charge is 0.340 e. The van der Waals surface area contributed by atoms with Crippen LogP contribution in [0.5, 0.6) is 5.88 Å². The molecule has 2 aromatic carbocycles. The summed E-state index contributed by atoms with van der Waals surface area (Å²) in [4.78, 5) is 16.2. The van der Waals surface area contributed by atoms with E-state index in [9.17, 15) is 13.2 Å². The van der Waals surface area contributed by atoms with Gasteiger partial charge >= 0.3 is 16.1 Å². The second-order valence-corrected chi connectivity index (χ2v) is 7.91. The molecule has 0 aliphatic heterocycles. The van der Waals surface area contributed by atoms with E-state index in [1.165, 1.54) is 31.4 Å². The molecule has 0 fully saturated rings. The molecule has 0 unspecified atom stereocenters. The molecule has 0 spiro atoms. The van der Waals surface area contributed by atoms with Gasteiger partial charge in [-0.1, -0.05) is 41.4 Å². The van der Waals surface area contributed by atoms with Gasteiger partial charge in [0, 0.05) is 16.7 Å². The first-order valence-corrected chi connectivity index (χ1v) is 9.94. The Balaban J connectivity index is 2.04. The Labute approximate surface area is 167 Å². The maximum Gasteiger partial charge on any atom is 0.340 e. The van der Waals surface area contributed by atoms with Gasteiger partial charge in [-0.05, 0) is 37.3 Å². The molecule has 0 aliphatic carbocycles. The maximum atomic E-state index is 12.6. The van der Waals surface area contributed by atoms with Crippen molar-refractivity contribution in [3.63, 3.8) is 0 Å². The van der Waals surface area contributed by atoms with E-state index >= 15 is 0 Å². The zero-order valence-electron chi connectivity index (χ0n) is 15.0. The minimum Gasteiger partial charge on any atom is -0.465 e. The zero-order valence-corrected chi connectivity index (χ0v) is 16.6. The quantitative estimate of drug-likeness (QED) is 0.455. The third kappa shape index (κ3) is 4.49. The van der Waals surface area contributed by atoms with Crippen molar-refractivity contribution >= 4 is 27.7 Å². The molecule has 0 atom stereocenters. The lowest BCUT2D eigenvalue weighted by molar-refractivity contribution is 0.0600. The van der Waals surface area contributed by atoms with Gasteiger partial charge in [-0.2, -0.15) is 8.42 Å². The second-order valence-electron chi connectivity index (χ2n) is 5.93. The van der Waals surface area contributed by atoms with Gasteiger partial charge in [0.1, 0.15) is 4.90 Å². The molecule has 0 amide bonds. The highest BCUT2D eigenvalue weighted by Crippen LogP contribution is 2.26. The lowest BCUT2D eigenvalue weighted by Crippen LogP contribution is -2.12. The van der Waals surface area contributed by atoms with Crippen LogP contribution >= 0.6 is 11.6 Å². The van der Waals surface area contributed by atoms with Gasteiger partial charge < -0.3 is 8.92 Å². The van der Waals surface area contributed by atoms with Gasteiger partial charge in [-0.25, -0.2) is 9.78 Å². The predicted octanol–water partition coefficient (Wildman–Crippen LogP) is 4.26. The van der Waals surface area contributed by atoms with Crippen molar-refractivity contribution in [2.75, 3.05) is 7.11 Å². The van der Waals surface area contributed by atoms with Crippen molar-refractivity contribution in [1.29, 1.82) is 0 Å². The number of carbonyl (C=O) groups is 1. The number of pyridine rings is 1.